The predicted molar refractivity (Wildman–Crippen MR) is 105 cm³/mol. The lowest BCUT2D eigenvalue weighted by Crippen LogP contribution is -2.38. The molecule has 1 heterocycles. The van der Waals surface area contributed by atoms with E-state index in [4.69, 9.17) is 4.74 Å². The van der Waals surface area contributed by atoms with Crippen LogP contribution < -0.4 is 10.2 Å². The second kappa shape index (κ2) is 9.30. The summed E-state index contributed by atoms with van der Waals surface area (Å²) in [6.45, 7) is 3.40. The summed E-state index contributed by atoms with van der Waals surface area (Å²) in [5.41, 5.74) is 4.12. The summed E-state index contributed by atoms with van der Waals surface area (Å²) in [5, 5.41) is 4.12. The number of hydrogen-bond donors (Lipinski definition) is 1. The van der Waals surface area contributed by atoms with Crippen molar-refractivity contribution in [2.24, 2.45) is 5.10 Å². The van der Waals surface area contributed by atoms with Crippen LogP contribution in [0.15, 0.2) is 47.6 Å². The molecule has 3 rings (SSSR count). The summed E-state index contributed by atoms with van der Waals surface area (Å²) in [5.74, 6) is -0.747. The van der Waals surface area contributed by atoms with Crippen molar-refractivity contribution in [2.75, 3.05) is 25.1 Å². The maximum absolute atomic E-state index is 13.6. The van der Waals surface area contributed by atoms with Crippen LogP contribution in [0.5, 0.6) is 5.75 Å². The fourth-order valence-electron chi connectivity index (χ4n) is 2.96. The van der Waals surface area contributed by atoms with Crippen LogP contribution in [-0.2, 0) is 4.79 Å². The highest BCUT2D eigenvalue weighted by Crippen LogP contribution is 2.17. The molecule has 7 heteroatoms. The van der Waals surface area contributed by atoms with Crippen LogP contribution in [-0.4, -0.2) is 36.2 Å². The van der Waals surface area contributed by atoms with Crippen molar-refractivity contribution in [1.82, 2.24) is 4.90 Å². The molecule has 1 fully saturated rings. The monoisotopic (exact) mass is 387 g/mol. The molecule has 0 aromatic heterocycles. The molecule has 0 spiro atoms. The third kappa shape index (κ3) is 5.28. The summed E-state index contributed by atoms with van der Waals surface area (Å²) in [6.07, 6.45) is 3.28. The van der Waals surface area contributed by atoms with E-state index in [1.54, 1.807) is 19.1 Å². The number of hydrogen-bond acceptors (Lipinski definition) is 4. The van der Waals surface area contributed by atoms with Crippen molar-refractivity contribution in [3.8, 4) is 5.75 Å². The molecule has 28 heavy (non-hydrogen) atoms. The number of nitrogens with zero attached hydrogens (tertiary/aromatic N) is 2. The van der Waals surface area contributed by atoms with Gasteiger partial charge in [0.1, 0.15) is 11.6 Å². The summed E-state index contributed by atoms with van der Waals surface area (Å²) in [4.78, 5) is 14.0. The molecule has 1 saturated heterocycles. The SMILES string of the molecule is C/C(=N/Nc1ccc(F)cc1F)c1ccc(OCC(=O)N2CCCCC2)cc1. The highest BCUT2D eigenvalue weighted by molar-refractivity contribution is 5.99. The zero-order valence-corrected chi connectivity index (χ0v) is 15.8. The predicted octanol–water partition coefficient (Wildman–Crippen LogP) is 4.19. The first-order valence-corrected chi connectivity index (χ1v) is 9.29. The van der Waals surface area contributed by atoms with Gasteiger partial charge in [-0.1, -0.05) is 0 Å². The quantitative estimate of drug-likeness (QED) is 0.597. The molecule has 1 aliphatic heterocycles. The molecule has 0 radical (unpaired) electrons. The third-order valence-electron chi connectivity index (χ3n) is 4.62. The van der Waals surface area contributed by atoms with Crippen LogP contribution in [0.1, 0.15) is 31.7 Å². The van der Waals surface area contributed by atoms with Crippen LogP contribution in [0.25, 0.3) is 0 Å². The van der Waals surface area contributed by atoms with Crippen LogP contribution in [0.4, 0.5) is 14.5 Å². The molecule has 0 bridgehead atoms. The average Bonchev–Trinajstić information content (AvgIpc) is 2.72. The van der Waals surface area contributed by atoms with Crippen LogP contribution in [0.2, 0.25) is 0 Å². The van der Waals surface area contributed by atoms with E-state index in [2.05, 4.69) is 10.5 Å². The Morgan fingerprint density at radius 2 is 1.82 bits per heavy atom. The number of anilines is 1. The number of halogens is 2. The minimum absolute atomic E-state index is 0.00652. The number of benzene rings is 2. The number of carbonyl (C=O) groups excluding carboxylic acids is 1. The number of nitrogens with one attached hydrogen (secondary N) is 1. The normalized spacial score (nSPS) is 14.7. The van der Waals surface area contributed by atoms with Gasteiger partial charge in [-0.15, -0.1) is 0 Å². The van der Waals surface area contributed by atoms with Crippen LogP contribution in [0, 0.1) is 11.6 Å². The van der Waals surface area contributed by atoms with E-state index < -0.39 is 11.6 Å². The Labute approximate surface area is 163 Å². The molecule has 2 aromatic carbocycles. The topological polar surface area (TPSA) is 53.9 Å². The van der Waals surface area contributed by atoms with E-state index >= 15 is 0 Å². The fourth-order valence-corrected chi connectivity index (χ4v) is 2.96. The van der Waals surface area contributed by atoms with Crippen molar-refractivity contribution in [2.45, 2.75) is 26.2 Å². The van der Waals surface area contributed by atoms with Gasteiger partial charge >= 0.3 is 0 Å². The minimum atomic E-state index is -0.710. The lowest BCUT2D eigenvalue weighted by atomic mass is 10.1. The van der Waals surface area contributed by atoms with Gasteiger partial charge in [0.15, 0.2) is 12.4 Å². The molecular weight excluding hydrogens is 364 g/mol. The molecule has 5 nitrogen and oxygen atoms in total. The maximum Gasteiger partial charge on any atom is 0.260 e. The first-order chi connectivity index (χ1) is 13.5. The highest BCUT2D eigenvalue weighted by Gasteiger charge is 2.16. The second-order valence-electron chi connectivity index (χ2n) is 6.69. The Morgan fingerprint density at radius 3 is 2.50 bits per heavy atom. The number of rotatable bonds is 6. The Bertz CT molecular complexity index is 847. The third-order valence-corrected chi connectivity index (χ3v) is 4.62. The van der Waals surface area contributed by atoms with Gasteiger partial charge in [0.2, 0.25) is 0 Å². The number of hydrazone groups is 1. The molecule has 0 aliphatic carbocycles. The lowest BCUT2D eigenvalue weighted by molar-refractivity contribution is -0.134. The van der Waals surface area contributed by atoms with E-state index in [1.165, 1.54) is 12.5 Å². The molecule has 0 atom stereocenters. The Morgan fingerprint density at radius 1 is 1.11 bits per heavy atom. The summed E-state index contributed by atoms with van der Waals surface area (Å²) < 4.78 is 32.1. The Balaban J connectivity index is 1.54. The fraction of sp³-hybridized carbons (Fsp3) is 0.333. The van der Waals surface area contributed by atoms with Crippen LogP contribution >= 0.6 is 0 Å². The summed E-state index contributed by atoms with van der Waals surface area (Å²) in [6, 6.07) is 10.4. The Kier molecular flexibility index (Phi) is 6.57. The molecule has 0 saturated carbocycles. The molecular formula is C21H23F2N3O2. The number of carbonyl (C=O) groups is 1. The van der Waals surface area contributed by atoms with Crippen LogP contribution in [0.3, 0.4) is 0 Å². The molecule has 1 N–H and O–H groups in total. The average molecular weight is 387 g/mol. The van der Waals surface area contributed by atoms with Gasteiger partial charge in [0.05, 0.1) is 11.4 Å². The minimum Gasteiger partial charge on any atom is -0.484 e. The van der Waals surface area contributed by atoms with Gasteiger partial charge < -0.3 is 9.64 Å². The molecule has 0 unspecified atom stereocenters. The summed E-state index contributed by atoms with van der Waals surface area (Å²) >= 11 is 0. The number of likely N-dealkylation sites (tertiary alicyclic amines) is 1. The van der Waals surface area contributed by atoms with Crippen molar-refractivity contribution in [1.29, 1.82) is 0 Å². The lowest BCUT2D eigenvalue weighted by Gasteiger charge is -2.26. The first kappa shape index (κ1) is 19.8. The Hall–Kier alpha value is -2.96. The standard InChI is InChI=1S/C21H23F2N3O2/c1-15(24-25-20-10-7-17(22)13-19(20)23)16-5-8-18(9-6-16)28-14-21(27)26-11-3-2-4-12-26/h5-10,13,25H,2-4,11-12,14H2,1H3/b24-15-. The molecule has 148 valence electrons. The van der Waals surface area contributed by atoms with Crippen molar-refractivity contribution in [3.05, 3.63) is 59.7 Å². The number of ether oxygens (including phenoxy) is 1. The van der Waals surface area contributed by atoms with E-state index in [0.717, 1.165) is 43.6 Å². The number of amides is 1. The van der Waals surface area contributed by atoms with Gasteiger partial charge in [0.25, 0.3) is 5.91 Å². The number of piperidine rings is 1. The van der Waals surface area contributed by atoms with E-state index in [9.17, 15) is 13.6 Å². The molecule has 1 amide bonds. The van der Waals surface area contributed by atoms with Crippen molar-refractivity contribution < 1.29 is 18.3 Å². The largest absolute Gasteiger partial charge is 0.484 e. The zero-order chi connectivity index (χ0) is 19.9. The van der Waals surface area contributed by atoms with Crippen molar-refractivity contribution in [3.63, 3.8) is 0 Å². The van der Waals surface area contributed by atoms with E-state index in [-0.39, 0.29) is 18.2 Å². The first-order valence-electron chi connectivity index (χ1n) is 9.29. The zero-order valence-electron chi connectivity index (χ0n) is 15.8. The van der Waals surface area contributed by atoms with E-state index in [0.29, 0.717) is 11.5 Å². The molecule has 1 aliphatic rings. The second-order valence-corrected chi connectivity index (χ2v) is 6.69. The van der Waals surface area contributed by atoms with Gasteiger partial charge in [-0.05, 0) is 68.1 Å². The van der Waals surface area contributed by atoms with E-state index in [1.807, 2.05) is 17.0 Å². The van der Waals surface area contributed by atoms with Gasteiger partial charge in [0, 0.05) is 19.2 Å². The smallest absolute Gasteiger partial charge is 0.260 e. The van der Waals surface area contributed by atoms with Gasteiger partial charge in [-0.25, -0.2) is 8.78 Å². The summed E-state index contributed by atoms with van der Waals surface area (Å²) in [7, 11) is 0. The highest BCUT2D eigenvalue weighted by atomic mass is 19.1. The van der Waals surface area contributed by atoms with Gasteiger partial charge in [-0.2, -0.15) is 5.10 Å². The van der Waals surface area contributed by atoms with Gasteiger partial charge in [-0.3, -0.25) is 10.2 Å². The molecule has 2 aromatic rings. The maximum atomic E-state index is 13.6. The van der Waals surface area contributed by atoms with Crippen molar-refractivity contribution >= 4 is 17.3 Å².